The highest BCUT2D eigenvalue weighted by Gasteiger charge is 2.27. The van der Waals surface area contributed by atoms with Crippen LogP contribution >= 0.6 is 0 Å². The van der Waals surface area contributed by atoms with E-state index in [9.17, 15) is 5.11 Å². The van der Waals surface area contributed by atoms with Gasteiger partial charge in [0.05, 0.1) is 19.0 Å². The van der Waals surface area contributed by atoms with Crippen molar-refractivity contribution >= 4 is 17.7 Å². The van der Waals surface area contributed by atoms with E-state index in [1.54, 1.807) is 13.3 Å². The lowest BCUT2D eigenvalue weighted by Gasteiger charge is -2.28. The lowest BCUT2D eigenvalue weighted by Crippen LogP contribution is -2.23. The number of hydrogen-bond donors (Lipinski definition) is 2. The minimum atomic E-state index is -0.251. The Morgan fingerprint density at radius 2 is 1.41 bits per heavy atom. The SMILES string of the molecule is COc1ccccc1C=NNC(=Nc1ccccc1)c1cc(C(C)(C)C)c(O)c(C(C)(C)C)c1. The highest BCUT2D eigenvalue weighted by molar-refractivity contribution is 6.01. The van der Waals surface area contributed by atoms with Crippen LogP contribution in [0.4, 0.5) is 5.69 Å². The van der Waals surface area contributed by atoms with Crippen LogP contribution in [0.2, 0.25) is 0 Å². The standard InChI is InChI=1S/C29H35N3O2/c1-28(2,3)23-17-21(18-24(26(23)33)29(4,5)6)27(31-22-14-9-8-10-15-22)32-30-19-20-13-11-12-16-25(20)34-7/h8-19,33H,1-7H3,(H,31,32). The molecule has 178 valence electrons. The smallest absolute Gasteiger partial charge is 0.154 e. The summed E-state index contributed by atoms with van der Waals surface area (Å²) in [6.45, 7) is 12.6. The number of phenolic OH excluding ortho intramolecular Hbond substituents is 1. The number of methoxy groups -OCH3 is 1. The summed E-state index contributed by atoms with van der Waals surface area (Å²) in [6, 6.07) is 21.4. The molecule has 0 heterocycles. The van der Waals surface area contributed by atoms with E-state index in [-0.39, 0.29) is 10.8 Å². The van der Waals surface area contributed by atoms with Crippen molar-refractivity contribution in [2.45, 2.75) is 52.4 Å². The van der Waals surface area contributed by atoms with Gasteiger partial charge in [-0.1, -0.05) is 71.9 Å². The number of nitrogens with one attached hydrogen (secondary N) is 1. The van der Waals surface area contributed by atoms with Gasteiger partial charge in [0.2, 0.25) is 0 Å². The van der Waals surface area contributed by atoms with Gasteiger partial charge in [-0.3, -0.25) is 5.43 Å². The molecule has 0 aliphatic rings. The minimum Gasteiger partial charge on any atom is -0.507 e. The second-order valence-electron chi connectivity index (χ2n) is 10.3. The van der Waals surface area contributed by atoms with E-state index in [1.807, 2.05) is 66.7 Å². The molecule has 2 N–H and O–H groups in total. The van der Waals surface area contributed by atoms with Gasteiger partial charge in [-0.15, -0.1) is 0 Å². The van der Waals surface area contributed by atoms with Crippen molar-refractivity contribution in [3.8, 4) is 11.5 Å². The molecule has 0 aromatic heterocycles. The molecule has 3 aromatic carbocycles. The van der Waals surface area contributed by atoms with Crippen LogP contribution in [-0.2, 0) is 10.8 Å². The number of phenols is 1. The van der Waals surface area contributed by atoms with Gasteiger partial charge in [-0.05, 0) is 47.2 Å². The highest BCUT2D eigenvalue weighted by Crippen LogP contribution is 2.40. The Bertz CT molecular complexity index is 1150. The van der Waals surface area contributed by atoms with Gasteiger partial charge in [-0.25, -0.2) is 4.99 Å². The zero-order valence-corrected chi connectivity index (χ0v) is 21.2. The van der Waals surface area contributed by atoms with Crippen molar-refractivity contribution in [1.29, 1.82) is 0 Å². The fourth-order valence-electron chi connectivity index (χ4n) is 3.64. The number of ether oxygens (including phenoxy) is 1. The molecule has 3 aromatic rings. The summed E-state index contributed by atoms with van der Waals surface area (Å²) < 4.78 is 5.43. The van der Waals surface area contributed by atoms with Crippen LogP contribution in [0.1, 0.15) is 63.8 Å². The number of aliphatic imine (C=N–C) groups is 1. The third-order valence-electron chi connectivity index (χ3n) is 5.51. The first-order chi connectivity index (χ1) is 16.0. The van der Waals surface area contributed by atoms with E-state index >= 15 is 0 Å². The number of hydrazone groups is 1. The maximum absolute atomic E-state index is 11.1. The Morgan fingerprint density at radius 3 is 1.97 bits per heavy atom. The number of benzene rings is 3. The molecule has 5 heteroatoms. The Hall–Kier alpha value is -3.60. The third-order valence-corrected chi connectivity index (χ3v) is 5.51. The Kier molecular flexibility index (Phi) is 7.45. The molecule has 0 atom stereocenters. The van der Waals surface area contributed by atoms with Crippen LogP contribution in [0.5, 0.6) is 11.5 Å². The largest absolute Gasteiger partial charge is 0.507 e. The van der Waals surface area contributed by atoms with Crippen molar-refractivity contribution in [2.75, 3.05) is 7.11 Å². The summed E-state index contributed by atoms with van der Waals surface area (Å²) in [5, 5.41) is 15.6. The summed E-state index contributed by atoms with van der Waals surface area (Å²) in [5.74, 6) is 1.66. The summed E-state index contributed by atoms with van der Waals surface area (Å²) in [6.07, 6.45) is 1.72. The quantitative estimate of drug-likeness (QED) is 0.255. The van der Waals surface area contributed by atoms with Gasteiger partial charge in [-0.2, -0.15) is 5.10 Å². The molecular weight excluding hydrogens is 422 g/mol. The first kappa shape index (κ1) is 25.0. The predicted molar refractivity (Wildman–Crippen MR) is 142 cm³/mol. The molecule has 0 saturated carbocycles. The number of hydrogen-bond acceptors (Lipinski definition) is 4. The average Bonchev–Trinajstić information content (AvgIpc) is 2.78. The lowest BCUT2D eigenvalue weighted by atomic mass is 9.78. The number of amidine groups is 1. The molecule has 0 radical (unpaired) electrons. The van der Waals surface area contributed by atoms with Crippen molar-refractivity contribution in [1.82, 2.24) is 5.43 Å². The summed E-state index contributed by atoms with van der Waals surface area (Å²) >= 11 is 0. The fraction of sp³-hybridized carbons (Fsp3) is 0.310. The second kappa shape index (κ2) is 10.1. The zero-order valence-electron chi connectivity index (χ0n) is 21.2. The van der Waals surface area contributed by atoms with Crippen LogP contribution < -0.4 is 10.2 Å². The van der Waals surface area contributed by atoms with Crippen molar-refractivity contribution in [3.05, 3.63) is 89.0 Å². The van der Waals surface area contributed by atoms with Gasteiger partial charge in [0.25, 0.3) is 0 Å². The molecule has 0 spiro atoms. The number of aromatic hydroxyl groups is 1. The predicted octanol–water partition coefficient (Wildman–Crippen LogP) is 6.70. The zero-order chi connectivity index (χ0) is 24.9. The van der Waals surface area contributed by atoms with Gasteiger partial charge >= 0.3 is 0 Å². The van der Waals surface area contributed by atoms with Crippen LogP contribution in [-0.4, -0.2) is 24.3 Å². The molecule has 0 amide bonds. The second-order valence-corrected chi connectivity index (χ2v) is 10.3. The maximum atomic E-state index is 11.1. The van der Waals surface area contributed by atoms with Crippen molar-refractivity contribution in [2.24, 2.45) is 10.1 Å². The molecule has 0 aliphatic carbocycles. The van der Waals surface area contributed by atoms with Crippen LogP contribution in [0.3, 0.4) is 0 Å². The highest BCUT2D eigenvalue weighted by atomic mass is 16.5. The Balaban J connectivity index is 2.13. The van der Waals surface area contributed by atoms with Crippen LogP contribution in [0, 0.1) is 0 Å². The molecule has 0 bridgehead atoms. The van der Waals surface area contributed by atoms with Gasteiger partial charge < -0.3 is 9.84 Å². The van der Waals surface area contributed by atoms with E-state index in [0.717, 1.165) is 33.7 Å². The van der Waals surface area contributed by atoms with E-state index in [4.69, 9.17) is 9.73 Å². The first-order valence-corrected chi connectivity index (χ1v) is 11.4. The summed E-state index contributed by atoms with van der Waals surface area (Å²) in [5.41, 5.74) is 6.89. The molecule has 0 aliphatic heterocycles. The molecule has 5 nitrogen and oxygen atoms in total. The van der Waals surface area contributed by atoms with E-state index < -0.39 is 0 Å². The molecule has 3 rings (SSSR count). The van der Waals surface area contributed by atoms with E-state index in [0.29, 0.717) is 11.6 Å². The third kappa shape index (κ3) is 6.04. The average molecular weight is 458 g/mol. The van der Waals surface area contributed by atoms with Gasteiger partial charge in [0.15, 0.2) is 5.84 Å². The van der Waals surface area contributed by atoms with Crippen molar-refractivity contribution < 1.29 is 9.84 Å². The first-order valence-electron chi connectivity index (χ1n) is 11.4. The molecular formula is C29H35N3O2. The van der Waals surface area contributed by atoms with E-state index in [1.165, 1.54) is 0 Å². The fourth-order valence-corrected chi connectivity index (χ4v) is 3.64. The monoisotopic (exact) mass is 457 g/mol. The van der Waals surface area contributed by atoms with E-state index in [2.05, 4.69) is 52.1 Å². The van der Waals surface area contributed by atoms with Crippen LogP contribution in [0.25, 0.3) is 0 Å². The minimum absolute atomic E-state index is 0.251. The van der Waals surface area contributed by atoms with Gasteiger partial charge in [0.1, 0.15) is 11.5 Å². The number of rotatable bonds is 5. The topological polar surface area (TPSA) is 66.2 Å². The Morgan fingerprint density at radius 1 is 0.853 bits per heavy atom. The van der Waals surface area contributed by atoms with Gasteiger partial charge in [0, 0.05) is 22.3 Å². The van der Waals surface area contributed by atoms with Crippen LogP contribution in [0.15, 0.2) is 76.8 Å². The number of nitrogens with zero attached hydrogens (tertiary/aromatic N) is 2. The molecule has 0 fully saturated rings. The van der Waals surface area contributed by atoms with Crippen molar-refractivity contribution in [3.63, 3.8) is 0 Å². The summed E-state index contributed by atoms with van der Waals surface area (Å²) in [7, 11) is 1.64. The molecule has 0 saturated heterocycles. The lowest BCUT2D eigenvalue weighted by molar-refractivity contribution is 0.414. The maximum Gasteiger partial charge on any atom is 0.154 e. The molecule has 34 heavy (non-hydrogen) atoms. The number of para-hydroxylation sites is 2. The normalized spacial score (nSPS) is 12.7. The molecule has 0 unspecified atom stereocenters. The summed E-state index contributed by atoms with van der Waals surface area (Å²) in [4.78, 5) is 4.86. The Labute approximate surface area is 203 Å².